The molecule has 2 heterocycles. The van der Waals surface area contributed by atoms with Gasteiger partial charge in [-0.2, -0.15) is 0 Å². The summed E-state index contributed by atoms with van der Waals surface area (Å²) in [6, 6.07) is 53.3. The smallest absolute Gasteiger partial charge is 0.0547 e. The minimum absolute atomic E-state index is 1.15. The van der Waals surface area contributed by atoms with Gasteiger partial charge in [0.1, 0.15) is 0 Å². The van der Waals surface area contributed by atoms with Gasteiger partial charge in [-0.15, -0.1) is 0 Å². The molecule has 2 heteroatoms. The van der Waals surface area contributed by atoms with E-state index in [0.717, 1.165) is 11.1 Å². The number of pyridine rings is 1. The Morgan fingerprint density at radius 1 is 0.400 bits per heavy atom. The minimum Gasteiger partial charge on any atom is -0.309 e. The average molecular weight is 571 g/mol. The first-order valence-electron chi connectivity index (χ1n) is 15.5. The third-order valence-electron chi connectivity index (χ3n) is 9.62. The van der Waals surface area contributed by atoms with Gasteiger partial charge >= 0.3 is 0 Å². The van der Waals surface area contributed by atoms with Crippen molar-refractivity contribution in [2.45, 2.75) is 0 Å². The Morgan fingerprint density at radius 3 is 2.00 bits per heavy atom. The third kappa shape index (κ3) is 3.48. The SMILES string of the molecule is c1ccc(-n2c3ccc(-c4cccc(-c5ccc6c7c(cccc57)-c5ccccc5-6)c4)cc3c3c4ccncc4ccc32)cc1. The van der Waals surface area contributed by atoms with Crippen LogP contribution in [0.2, 0.25) is 0 Å². The summed E-state index contributed by atoms with van der Waals surface area (Å²) in [6.07, 6.45) is 3.86. The second kappa shape index (κ2) is 9.25. The van der Waals surface area contributed by atoms with E-state index in [1.54, 1.807) is 0 Å². The summed E-state index contributed by atoms with van der Waals surface area (Å²) in [5, 5.41) is 7.55. The van der Waals surface area contributed by atoms with Crippen molar-refractivity contribution in [2.24, 2.45) is 0 Å². The zero-order valence-corrected chi connectivity index (χ0v) is 24.4. The molecule has 7 aromatic carbocycles. The molecule has 2 nitrogen and oxygen atoms in total. The molecule has 0 bridgehead atoms. The van der Waals surface area contributed by atoms with E-state index in [2.05, 4.69) is 155 Å². The van der Waals surface area contributed by atoms with Crippen LogP contribution in [0.15, 0.2) is 158 Å². The summed E-state index contributed by atoms with van der Waals surface area (Å²) in [7, 11) is 0. The van der Waals surface area contributed by atoms with E-state index in [-0.39, 0.29) is 0 Å². The molecule has 0 spiro atoms. The van der Waals surface area contributed by atoms with Crippen molar-refractivity contribution in [3.05, 3.63) is 158 Å². The summed E-state index contributed by atoms with van der Waals surface area (Å²) in [5.41, 5.74) is 13.8. The highest BCUT2D eigenvalue weighted by Gasteiger charge is 2.22. The lowest BCUT2D eigenvalue weighted by atomic mass is 9.92. The molecule has 0 aliphatic heterocycles. The maximum atomic E-state index is 4.41. The topological polar surface area (TPSA) is 17.8 Å². The fraction of sp³-hybridized carbons (Fsp3) is 0. The van der Waals surface area contributed by atoms with Crippen molar-refractivity contribution in [3.8, 4) is 50.2 Å². The van der Waals surface area contributed by atoms with Crippen molar-refractivity contribution in [1.29, 1.82) is 0 Å². The van der Waals surface area contributed by atoms with Gasteiger partial charge in [-0.3, -0.25) is 4.98 Å². The van der Waals surface area contributed by atoms with Crippen molar-refractivity contribution in [2.75, 3.05) is 0 Å². The van der Waals surface area contributed by atoms with Crippen LogP contribution in [-0.4, -0.2) is 9.55 Å². The van der Waals surface area contributed by atoms with E-state index in [4.69, 9.17) is 0 Å². The van der Waals surface area contributed by atoms with Crippen LogP contribution in [0.4, 0.5) is 0 Å². The van der Waals surface area contributed by atoms with E-state index >= 15 is 0 Å². The molecule has 0 saturated heterocycles. The Hall–Kier alpha value is -5.99. The third-order valence-corrected chi connectivity index (χ3v) is 9.62. The van der Waals surface area contributed by atoms with Gasteiger partial charge in [0, 0.05) is 34.2 Å². The van der Waals surface area contributed by atoms with Crippen LogP contribution in [0.5, 0.6) is 0 Å². The standard InChI is InChI=1S/C43H26N2/c1-2-10-31(11-3-1)45-40-20-16-28(25-39(40)43-33-22-23-44-26-30(33)17-21-41(43)45)27-8-6-9-29(24-27)32-18-19-38-35-13-5-4-12-34(35)37-15-7-14-36(32)42(37)38/h1-26H. The molecule has 9 aromatic rings. The first-order chi connectivity index (χ1) is 22.3. The molecule has 0 N–H and O–H groups in total. The molecule has 45 heavy (non-hydrogen) atoms. The van der Waals surface area contributed by atoms with Crippen molar-refractivity contribution < 1.29 is 0 Å². The van der Waals surface area contributed by atoms with Gasteiger partial charge in [-0.25, -0.2) is 0 Å². The van der Waals surface area contributed by atoms with Gasteiger partial charge < -0.3 is 4.57 Å². The molecule has 1 aliphatic carbocycles. The highest BCUT2D eigenvalue weighted by molar-refractivity contribution is 6.22. The molecular weight excluding hydrogens is 544 g/mol. The molecule has 10 rings (SSSR count). The second-order valence-electron chi connectivity index (χ2n) is 12.0. The zero-order valence-electron chi connectivity index (χ0n) is 24.4. The molecular formula is C43H26N2. The molecule has 0 atom stereocenters. The van der Waals surface area contributed by atoms with E-state index in [1.807, 2.05) is 12.4 Å². The molecule has 0 saturated carbocycles. The molecule has 0 radical (unpaired) electrons. The number of hydrogen-bond acceptors (Lipinski definition) is 1. The van der Waals surface area contributed by atoms with Gasteiger partial charge in [0.05, 0.1) is 11.0 Å². The highest BCUT2D eigenvalue weighted by atomic mass is 15.0. The number of para-hydroxylation sites is 1. The zero-order chi connectivity index (χ0) is 29.5. The average Bonchev–Trinajstić information content (AvgIpc) is 3.63. The van der Waals surface area contributed by atoms with Crippen molar-refractivity contribution in [3.63, 3.8) is 0 Å². The molecule has 1 aliphatic rings. The van der Waals surface area contributed by atoms with E-state index in [0.29, 0.717) is 0 Å². The quantitative estimate of drug-likeness (QED) is 0.207. The highest BCUT2D eigenvalue weighted by Crippen LogP contribution is 2.49. The summed E-state index contributed by atoms with van der Waals surface area (Å²) in [6.45, 7) is 0. The summed E-state index contributed by atoms with van der Waals surface area (Å²) >= 11 is 0. The predicted molar refractivity (Wildman–Crippen MR) is 189 cm³/mol. The normalized spacial score (nSPS) is 12.0. The van der Waals surface area contributed by atoms with E-state index < -0.39 is 0 Å². The number of aromatic nitrogens is 2. The van der Waals surface area contributed by atoms with Gasteiger partial charge in [-0.1, -0.05) is 103 Å². The first kappa shape index (κ1) is 24.5. The Bertz CT molecular complexity index is 2610. The van der Waals surface area contributed by atoms with E-state index in [1.165, 1.54) is 82.5 Å². The van der Waals surface area contributed by atoms with Crippen LogP contribution >= 0.6 is 0 Å². The number of benzene rings is 7. The van der Waals surface area contributed by atoms with Gasteiger partial charge in [-0.05, 0) is 103 Å². The lowest BCUT2D eigenvalue weighted by molar-refractivity contribution is 1.18. The fourth-order valence-corrected chi connectivity index (χ4v) is 7.65. The van der Waals surface area contributed by atoms with Crippen LogP contribution in [0.25, 0.3) is 93.5 Å². The lowest BCUT2D eigenvalue weighted by Gasteiger charge is -2.12. The summed E-state index contributed by atoms with van der Waals surface area (Å²) in [4.78, 5) is 4.41. The van der Waals surface area contributed by atoms with Crippen LogP contribution in [0.1, 0.15) is 0 Å². The molecule has 0 unspecified atom stereocenters. The fourth-order valence-electron chi connectivity index (χ4n) is 7.65. The predicted octanol–water partition coefficient (Wildman–Crippen LogP) is 11.5. The summed E-state index contributed by atoms with van der Waals surface area (Å²) in [5.74, 6) is 0. The first-order valence-corrected chi connectivity index (χ1v) is 15.5. The van der Waals surface area contributed by atoms with Gasteiger partial charge in [0.25, 0.3) is 0 Å². The van der Waals surface area contributed by atoms with E-state index in [9.17, 15) is 0 Å². The van der Waals surface area contributed by atoms with Crippen LogP contribution in [0, 0.1) is 0 Å². The molecule has 2 aromatic heterocycles. The lowest BCUT2D eigenvalue weighted by Crippen LogP contribution is -1.93. The molecule has 0 fully saturated rings. The van der Waals surface area contributed by atoms with Gasteiger partial charge in [0.15, 0.2) is 0 Å². The van der Waals surface area contributed by atoms with Crippen LogP contribution in [-0.2, 0) is 0 Å². The van der Waals surface area contributed by atoms with Crippen molar-refractivity contribution >= 4 is 43.4 Å². The molecule has 208 valence electrons. The van der Waals surface area contributed by atoms with Crippen LogP contribution < -0.4 is 0 Å². The number of fused-ring (bicyclic) bond motifs is 8. The Balaban J connectivity index is 1.18. The maximum absolute atomic E-state index is 4.41. The van der Waals surface area contributed by atoms with Crippen molar-refractivity contribution in [1.82, 2.24) is 9.55 Å². The number of nitrogens with zero attached hydrogens (tertiary/aromatic N) is 2. The Labute approximate surface area is 260 Å². The maximum Gasteiger partial charge on any atom is 0.0547 e. The molecule has 0 amide bonds. The number of rotatable bonds is 3. The van der Waals surface area contributed by atoms with Crippen LogP contribution in [0.3, 0.4) is 0 Å². The second-order valence-corrected chi connectivity index (χ2v) is 12.0. The monoisotopic (exact) mass is 570 g/mol. The largest absolute Gasteiger partial charge is 0.309 e. The minimum atomic E-state index is 1.15. The Kier molecular flexibility index (Phi) is 5.03. The Morgan fingerprint density at radius 2 is 1.11 bits per heavy atom. The number of hydrogen-bond donors (Lipinski definition) is 0. The summed E-state index contributed by atoms with van der Waals surface area (Å²) < 4.78 is 2.38. The van der Waals surface area contributed by atoms with Gasteiger partial charge in [0.2, 0.25) is 0 Å².